The van der Waals surface area contributed by atoms with Crippen molar-refractivity contribution >= 4 is 11.0 Å². The molecule has 0 saturated carbocycles. The lowest BCUT2D eigenvalue weighted by atomic mass is 10.1. The second-order valence-corrected chi connectivity index (χ2v) is 4.75. The van der Waals surface area contributed by atoms with Crippen LogP contribution < -0.4 is 0 Å². The quantitative estimate of drug-likeness (QED) is 0.648. The third-order valence-corrected chi connectivity index (χ3v) is 3.26. The van der Waals surface area contributed by atoms with Gasteiger partial charge in [0, 0.05) is 0 Å². The summed E-state index contributed by atoms with van der Waals surface area (Å²) >= 11 is 0. The Kier molecular flexibility index (Phi) is 2.97. The molecule has 1 N–H and O–H groups in total. The van der Waals surface area contributed by atoms with Gasteiger partial charge in [0.2, 0.25) is 0 Å². The number of rotatable bonds is 1. The van der Waals surface area contributed by atoms with Crippen LogP contribution in [0.1, 0.15) is 11.1 Å². The van der Waals surface area contributed by atoms with E-state index in [2.05, 4.69) is 9.97 Å². The molecule has 0 amide bonds. The minimum Gasteiger partial charge on any atom is -0.338 e. The number of alkyl halides is 3. The number of aryl methyl sites for hydroxylation is 1. The van der Waals surface area contributed by atoms with Gasteiger partial charge in [0.25, 0.3) is 0 Å². The molecule has 0 fully saturated rings. The van der Waals surface area contributed by atoms with Crippen molar-refractivity contribution in [3.63, 3.8) is 0 Å². The van der Waals surface area contributed by atoms with E-state index >= 15 is 0 Å². The van der Waals surface area contributed by atoms with Gasteiger partial charge in [-0.2, -0.15) is 13.2 Å². The zero-order chi connectivity index (χ0) is 15.2. The number of benzene rings is 2. The molecule has 2 nitrogen and oxygen atoms in total. The normalized spacial score (nSPS) is 12.0. The molecule has 0 aliphatic rings. The smallest absolute Gasteiger partial charge is 0.338 e. The van der Waals surface area contributed by atoms with Gasteiger partial charge in [-0.05, 0) is 36.8 Å². The summed E-state index contributed by atoms with van der Waals surface area (Å²) in [5, 5.41) is 0. The standard InChI is InChI=1S/C15H10F4N2/c1-8-3-2-4-10(13(8)16)14-20-11-6-5-9(15(17,18)19)7-12(11)21-14/h2-7H,1H3,(H,20,21). The number of hydrogen-bond donors (Lipinski definition) is 1. The maximum absolute atomic E-state index is 14.0. The molecule has 0 spiro atoms. The van der Waals surface area contributed by atoms with E-state index in [1.807, 2.05) is 0 Å². The Morgan fingerprint density at radius 2 is 1.86 bits per heavy atom. The fraction of sp³-hybridized carbons (Fsp3) is 0.133. The Hall–Kier alpha value is -2.37. The van der Waals surface area contributed by atoms with Crippen LogP contribution in [0, 0.1) is 12.7 Å². The summed E-state index contributed by atoms with van der Waals surface area (Å²) in [5.74, 6) is -0.224. The summed E-state index contributed by atoms with van der Waals surface area (Å²) < 4.78 is 52.0. The van der Waals surface area contributed by atoms with Crippen LogP contribution in [-0.2, 0) is 6.18 Å². The van der Waals surface area contributed by atoms with Crippen LogP contribution in [0.4, 0.5) is 17.6 Å². The molecule has 0 atom stereocenters. The minimum atomic E-state index is -4.42. The first-order valence-corrected chi connectivity index (χ1v) is 6.19. The highest BCUT2D eigenvalue weighted by Crippen LogP contribution is 2.32. The molecule has 0 aliphatic heterocycles. The van der Waals surface area contributed by atoms with Crippen molar-refractivity contribution in [3.05, 3.63) is 53.3 Å². The second-order valence-electron chi connectivity index (χ2n) is 4.75. The fourth-order valence-electron chi connectivity index (χ4n) is 2.14. The highest BCUT2D eigenvalue weighted by Gasteiger charge is 2.30. The zero-order valence-corrected chi connectivity index (χ0v) is 10.9. The number of fused-ring (bicyclic) bond motifs is 1. The van der Waals surface area contributed by atoms with Crippen LogP contribution in [-0.4, -0.2) is 9.97 Å². The molecule has 0 bridgehead atoms. The number of aromatic nitrogens is 2. The molecule has 0 unspecified atom stereocenters. The molecule has 0 saturated heterocycles. The molecular formula is C15H10F4N2. The topological polar surface area (TPSA) is 28.7 Å². The highest BCUT2D eigenvalue weighted by atomic mass is 19.4. The molecule has 21 heavy (non-hydrogen) atoms. The van der Waals surface area contributed by atoms with E-state index in [0.717, 1.165) is 12.1 Å². The molecule has 1 heterocycles. The van der Waals surface area contributed by atoms with Crippen LogP contribution >= 0.6 is 0 Å². The fourth-order valence-corrected chi connectivity index (χ4v) is 2.14. The number of nitrogens with zero attached hydrogens (tertiary/aromatic N) is 1. The van der Waals surface area contributed by atoms with E-state index in [4.69, 9.17) is 0 Å². The minimum absolute atomic E-state index is 0.213. The maximum Gasteiger partial charge on any atom is 0.416 e. The Balaban J connectivity index is 2.15. The molecular weight excluding hydrogens is 284 g/mol. The molecule has 3 aromatic rings. The summed E-state index contributed by atoms with van der Waals surface area (Å²) in [6, 6.07) is 8.01. The second kappa shape index (κ2) is 4.58. The molecule has 6 heteroatoms. The van der Waals surface area contributed by atoms with Gasteiger partial charge in [0.15, 0.2) is 0 Å². The predicted octanol–water partition coefficient (Wildman–Crippen LogP) is 4.70. The molecule has 1 aromatic heterocycles. The van der Waals surface area contributed by atoms with E-state index < -0.39 is 17.6 Å². The van der Waals surface area contributed by atoms with E-state index in [1.165, 1.54) is 12.1 Å². The number of nitrogens with one attached hydrogen (secondary N) is 1. The van der Waals surface area contributed by atoms with Gasteiger partial charge in [-0.1, -0.05) is 12.1 Å². The monoisotopic (exact) mass is 294 g/mol. The number of H-pyrrole nitrogens is 1. The zero-order valence-electron chi connectivity index (χ0n) is 10.9. The third-order valence-electron chi connectivity index (χ3n) is 3.26. The number of halogens is 4. The molecule has 3 rings (SSSR count). The summed E-state index contributed by atoms with van der Waals surface area (Å²) in [7, 11) is 0. The van der Waals surface area contributed by atoms with Gasteiger partial charge >= 0.3 is 6.18 Å². The first-order chi connectivity index (χ1) is 9.86. The van der Waals surface area contributed by atoms with E-state index in [-0.39, 0.29) is 16.9 Å². The predicted molar refractivity (Wildman–Crippen MR) is 71.2 cm³/mol. The number of imidazole rings is 1. The lowest BCUT2D eigenvalue weighted by molar-refractivity contribution is -0.137. The van der Waals surface area contributed by atoms with Crippen LogP contribution in [0.3, 0.4) is 0 Å². The third kappa shape index (κ3) is 2.37. The molecule has 2 aromatic carbocycles. The van der Waals surface area contributed by atoms with Gasteiger partial charge in [-0.25, -0.2) is 9.37 Å². The summed E-state index contributed by atoms with van der Waals surface area (Å²) in [4.78, 5) is 6.89. The number of hydrogen-bond acceptors (Lipinski definition) is 1. The van der Waals surface area contributed by atoms with Crippen molar-refractivity contribution in [1.29, 1.82) is 0 Å². The van der Waals surface area contributed by atoms with Crippen molar-refractivity contribution in [2.75, 3.05) is 0 Å². The maximum atomic E-state index is 14.0. The van der Waals surface area contributed by atoms with Gasteiger partial charge < -0.3 is 4.98 Å². The largest absolute Gasteiger partial charge is 0.416 e. The summed E-state index contributed by atoms with van der Waals surface area (Å²) in [5.41, 5.74) is 0.498. The Bertz CT molecular complexity index is 818. The van der Waals surface area contributed by atoms with Crippen LogP contribution in [0.25, 0.3) is 22.4 Å². The van der Waals surface area contributed by atoms with Crippen molar-refractivity contribution in [2.45, 2.75) is 13.1 Å². The van der Waals surface area contributed by atoms with Crippen molar-refractivity contribution in [2.24, 2.45) is 0 Å². The number of aromatic amines is 1. The highest BCUT2D eigenvalue weighted by molar-refractivity contribution is 5.80. The van der Waals surface area contributed by atoms with Gasteiger partial charge in [-0.3, -0.25) is 0 Å². The first kappa shape index (κ1) is 13.6. The molecule has 108 valence electrons. The van der Waals surface area contributed by atoms with E-state index in [1.54, 1.807) is 19.1 Å². The summed E-state index contributed by atoms with van der Waals surface area (Å²) in [6.07, 6.45) is -4.42. The van der Waals surface area contributed by atoms with Crippen LogP contribution in [0.15, 0.2) is 36.4 Å². The van der Waals surface area contributed by atoms with E-state index in [9.17, 15) is 17.6 Å². The van der Waals surface area contributed by atoms with Crippen LogP contribution in [0.2, 0.25) is 0 Å². The Labute approximate surface area is 117 Å². The van der Waals surface area contributed by atoms with Gasteiger partial charge in [-0.15, -0.1) is 0 Å². The lowest BCUT2D eigenvalue weighted by Gasteiger charge is -2.05. The van der Waals surface area contributed by atoms with Crippen molar-refractivity contribution in [3.8, 4) is 11.4 Å². The van der Waals surface area contributed by atoms with Gasteiger partial charge in [0.05, 0.1) is 22.2 Å². The average molecular weight is 294 g/mol. The summed E-state index contributed by atoms with van der Waals surface area (Å²) in [6.45, 7) is 1.61. The van der Waals surface area contributed by atoms with E-state index in [0.29, 0.717) is 11.1 Å². The lowest BCUT2D eigenvalue weighted by Crippen LogP contribution is -2.04. The molecule has 0 aliphatic carbocycles. The van der Waals surface area contributed by atoms with Crippen molar-refractivity contribution in [1.82, 2.24) is 9.97 Å². The SMILES string of the molecule is Cc1cccc(-c2nc3ccc(C(F)(F)F)cc3[nH]2)c1F. The van der Waals surface area contributed by atoms with Crippen LogP contribution in [0.5, 0.6) is 0 Å². The Morgan fingerprint density at radius 1 is 1.10 bits per heavy atom. The van der Waals surface area contributed by atoms with Gasteiger partial charge in [0.1, 0.15) is 11.6 Å². The molecule has 0 radical (unpaired) electrons. The Morgan fingerprint density at radius 3 is 2.57 bits per heavy atom. The first-order valence-electron chi connectivity index (χ1n) is 6.19. The average Bonchev–Trinajstić information content (AvgIpc) is 2.83. The van der Waals surface area contributed by atoms with Crippen molar-refractivity contribution < 1.29 is 17.6 Å².